The van der Waals surface area contributed by atoms with Crippen LogP contribution in [0, 0.1) is 0 Å². The summed E-state index contributed by atoms with van der Waals surface area (Å²) in [5.74, 6) is 0. The van der Waals surface area contributed by atoms with E-state index in [-0.39, 0.29) is 0 Å². The lowest BCUT2D eigenvalue weighted by molar-refractivity contribution is -0.0260. The van der Waals surface area contributed by atoms with Gasteiger partial charge in [-0.15, -0.1) is 0 Å². The van der Waals surface area contributed by atoms with Crippen molar-refractivity contribution in [1.29, 1.82) is 0 Å². The van der Waals surface area contributed by atoms with Gasteiger partial charge in [0.15, 0.2) is 0 Å². The van der Waals surface area contributed by atoms with Crippen LogP contribution in [0.5, 0.6) is 0 Å². The van der Waals surface area contributed by atoms with Gasteiger partial charge in [-0.25, -0.2) is 0 Å². The Bertz CT molecular complexity index is 177. The molecule has 0 aromatic rings. The number of hydrogen-bond acceptors (Lipinski definition) is 3. The number of nitrogens with one attached hydrogen (secondary N) is 1. The molecule has 1 rings (SSSR count). The van der Waals surface area contributed by atoms with Crippen LogP contribution >= 0.6 is 0 Å². The zero-order valence-corrected chi connectivity index (χ0v) is 10.3. The van der Waals surface area contributed by atoms with Crippen molar-refractivity contribution >= 4 is 0 Å². The maximum absolute atomic E-state index is 9.57. The monoisotopic (exact) mass is 215 g/mol. The SMILES string of the molecule is CNC1CCCCC1OCCC(C)(C)O. The predicted octanol–water partition coefficient (Wildman–Crippen LogP) is 1.69. The Hall–Kier alpha value is -0.120. The van der Waals surface area contributed by atoms with Gasteiger partial charge in [0.1, 0.15) is 0 Å². The Morgan fingerprint density at radius 2 is 2.00 bits per heavy atom. The number of ether oxygens (including phenoxy) is 1. The molecular weight excluding hydrogens is 190 g/mol. The molecule has 2 atom stereocenters. The topological polar surface area (TPSA) is 41.5 Å². The molecule has 2 N–H and O–H groups in total. The number of aliphatic hydroxyl groups is 1. The first kappa shape index (κ1) is 12.9. The zero-order valence-electron chi connectivity index (χ0n) is 10.3. The maximum atomic E-state index is 9.57. The van der Waals surface area contributed by atoms with E-state index in [0.717, 1.165) is 6.42 Å². The molecule has 0 aromatic carbocycles. The lowest BCUT2D eigenvalue weighted by atomic mass is 9.92. The molecule has 0 amide bonds. The van der Waals surface area contributed by atoms with Crippen LogP contribution in [0.25, 0.3) is 0 Å². The Balaban J connectivity index is 2.23. The van der Waals surface area contributed by atoms with Gasteiger partial charge in [0, 0.05) is 12.6 Å². The molecule has 0 radical (unpaired) electrons. The van der Waals surface area contributed by atoms with E-state index in [1.165, 1.54) is 19.3 Å². The number of likely N-dealkylation sites (N-methyl/N-ethyl adjacent to an activating group) is 1. The quantitative estimate of drug-likeness (QED) is 0.733. The van der Waals surface area contributed by atoms with E-state index >= 15 is 0 Å². The van der Waals surface area contributed by atoms with Gasteiger partial charge >= 0.3 is 0 Å². The van der Waals surface area contributed by atoms with Crippen molar-refractivity contribution in [2.75, 3.05) is 13.7 Å². The van der Waals surface area contributed by atoms with E-state index in [2.05, 4.69) is 5.32 Å². The molecule has 1 aliphatic rings. The second-order valence-electron chi connectivity index (χ2n) is 5.15. The smallest absolute Gasteiger partial charge is 0.0727 e. The van der Waals surface area contributed by atoms with Crippen LogP contribution in [-0.2, 0) is 4.74 Å². The standard InChI is InChI=1S/C12H25NO2/c1-12(2,14)8-9-15-11-7-5-4-6-10(11)13-3/h10-11,13-14H,4-9H2,1-3H3. The third-order valence-corrected chi connectivity index (χ3v) is 3.12. The van der Waals surface area contributed by atoms with Crippen LogP contribution in [0.1, 0.15) is 46.0 Å². The summed E-state index contributed by atoms with van der Waals surface area (Å²) in [6, 6.07) is 0.501. The van der Waals surface area contributed by atoms with E-state index in [0.29, 0.717) is 25.2 Å². The van der Waals surface area contributed by atoms with E-state index in [1.54, 1.807) is 0 Å². The second kappa shape index (κ2) is 5.83. The summed E-state index contributed by atoms with van der Waals surface area (Å²) in [6.07, 6.45) is 5.98. The predicted molar refractivity (Wildman–Crippen MR) is 62.0 cm³/mol. The fourth-order valence-electron chi connectivity index (χ4n) is 2.09. The molecule has 1 fully saturated rings. The van der Waals surface area contributed by atoms with Crippen molar-refractivity contribution in [2.24, 2.45) is 0 Å². The van der Waals surface area contributed by atoms with Crippen LogP contribution in [-0.4, -0.2) is 36.5 Å². The molecule has 1 aliphatic carbocycles. The molecule has 3 heteroatoms. The molecule has 0 heterocycles. The summed E-state index contributed by atoms with van der Waals surface area (Å²) in [5.41, 5.74) is -0.607. The highest BCUT2D eigenvalue weighted by atomic mass is 16.5. The summed E-state index contributed by atoms with van der Waals surface area (Å²) in [4.78, 5) is 0. The van der Waals surface area contributed by atoms with E-state index in [1.807, 2.05) is 20.9 Å². The number of rotatable bonds is 5. The Labute approximate surface area is 93.2 Å². The average molecular weight is 215 g/mol. The Morgan fingerprint density at radius 1 is 1.33 bits per heavy atom. The van der Waals surface area contributed by atoms with Gasteiger partial charge in [0.25, 0.3) is 0 Å². The second-order valence-corrected chi connectivity index (χ2v) is 5.15. The van der Waals surface area contributed by atoms with E-state index in [9.17, 15) is 5.11 Å². The van der Waals surface area contributed by atoms with Gasteiger partial charge in [-0.3, -0.25) is 0 Å². The molecular formula is C12H25NO2. The highest BCUT2D eigenvalue weighted by Gasteiger charge is 2.24. The van der Waals surface area contributed by atoms with Crippen LogP contribution < -0.4 is 5.32 Å². The molecule has 0 bridgehead atoms. The van der Waals surface area contributed by atoms with Crippen LogP contribution in [0.2, 0.25) is 0 Å². The van der Waals surface area contributed by atoms with E-state index < -0.39 is 5.60 Å². The Morgan fingerprint density at radius 3 is 2.60 bits per heavy atom. The normalized spacial score (nSPS) is 28.0. The average Bonchev–Trinajstić information content (AvgIpc) is 2.16. The first-order chi connectivity index (χ1) is 7.03. The van der Waals surface area contributed by atoms with Gasteiger partial charge in [-0.1, -0.05) is 12.8 Å². The highest BCUT2D eigenvalue weighted by Crippen LogP contribution is 2.21. The molecule has 3 nitrogen and oxygen atoms in total. The van der Waals surface area contributed by atoms with Gasteiger partial charge in [0.05, 0.1) is 11.7 Å². The lowest BCUT2D eigenvalue weighted by Crippen LogP contribution is -2.42. The van der Waals surface area contributed by atoms with Crippen molar-refractivity contribution in [3.05, 3.63) is 0 Å². The van der Waals surface area contributed by atoms with Crippen molar-refractivity contribution in [3.63, 3.8) is 0 Å². The van der Waals surface area contributed by atoms with Gasteiger partial charge in [0.2, 0.25) is 0 Å². The third-order valence-electron chi connectivity index (χ3n) is 3.12. The minimum absolute atomic E-state index is 0.339. The van der Waals surface area contributed by atoms with E-state index in [4.69, 9.17) is 4.74 Å². The molecule has 0 aromatic heterocycles. The van der Waals surface area contributed by atoms with Crippen molar-refractivity contribution < 1.29 is 9.84 Å². The first-order valence-electron chi connectivity index (χ1n) is 6.04. The fourth-order valence-corrected chi connectivity index (χ4v) is 2.09. The Kier molecular flexibility index (Phi) is 5.03. The summed E-state index contributed by atoms with van der Waals surface area (Å²) >= 11 is 0. The van der Waals surface area contributed by atoms with Crippen LogP contribution in [0.3, 0.4) is 0 Å². The van der Waals surface area contributed by atoms with Crippen molar-refractivity contribution in [3.8, 4) is 0 Å². The summed E-state index contributed by atoms with van der Waals surface area (Å²) in [6.45, 7) is 4.31. The fraction of sp³-hybridized carbons (Fsp3) is 1.00. The molecule has 0 saturated heterocycles. The molecule has 2 unspecified atom stereocenters. The molecule has 1 saturated carbocycles. The maximum Gasteiger partial charge on any atom is 0.0727 e. The van der Waals surface area contributed by atoms with Crippen molar-refractivity contribution in [2.45, 2.75) is 63.7 Å². The summed E-state index contributed by atoms with van der Waals surface area (Å²) in [5, 5.41) is 12.9. The molecule has 15 heavy (non-hydrogen) atoms. The van der Waals surface area contributed by atoms with Crippen molar-refractivity contribution in [1.82, 2.24) is 5.32 Å². The summed E-state index contributed by atoms with van der Waals surface area (Å²) in [7, 11) is 2.00. The largest absolute Gasteiger partial charge is 0.390 e. The van der Waals surface area contributed by atoms with Gasteiger partial charge < -0.3 is 15.2 Å². The minimum Gasteiger partial charge on any atom is -0.390 e. The third kappa shape index (κ3) is 4.96. The minimum atomic E-state index is -0.607. The molecule has 90 valence electrons. The van der Waals surface area contributed by atoms with Gasteiger partial charge in [-0.05, 0) is 40.2 Å². The highest BCUT2D eigenvalue weighted by molar-refractivity contribution is 4.80. The zero-order chi connectivity index (χ0) is 11.3. The van der Waals surface area contributed by atoms with Crippen LogP contribution in [0.4, 0.5) is 0 Å². The number of hydrogen-bond donors (Lipinski definition) is 2. The summed E-state index contributed by atoms with van der Waals surface area (Å²) < 4.78 is 5.84. The molecule has 0 spiro atoms. The van der Waals surface area contributed by atoms with Gasteiger partial charge in [-0.2, -0.15) is 0 Å². The lowest BCUT2D eigenvalue weighted by Gasteiger charge is -2.32. The van der Waals surface area contributed by atoms with Crippen LogP contribution in [0.15, 0.2) is 0 Å². The first-order valence-corrected chi connectivity index (χ1v) is 6.04. The molecule has 0 aliphatic heterocycles.